The quantitative estimate of drug-likeness (QED) is 0.255. The number of nitro benzene ring substituents is 1. The van der Waals surface area contributed by atoms with Crippen LogP contribution in [0.2, 0.25) is 0 Å². The van der Waals surface area contributed by atoms with Crippen LogP contribution >= 0.6 is 0 Å². The standard InChI is InChI=1S/C16H23N5O5/c22-15(19-12-2-1-3-13(10-12)21(25)26)11-14(16(23)24)18-6-9-20-7-4-17-5-8-20/h1-3,10,14,17-18H,4-9,11H2,(H,19,22)(H,23,24)/p+2/t14-/m1/s1. The summed E-state index contributed by atoms with van der Waals surface area (Å²) in [7, 11) is 0. The van der Waals surface area contributed by atoms with Gasteiger partial charge in [0, 0.05) is 17.8 Å². The van der Waals surface area contributed by atoms with Gasteiger partial charge >= 0.3 is 0 Å². The van der Waals surface area contributed by atoms with Gasteiger partial charge in [0.15, 0.2) is 0 Å². The van der Waals surface area contributed by atoms with E-state index in [4.69, 9.17) is 0 Å². The van der Waals surface area contributed by atoms with E-state index in [1.807, 2.05) is 0 Å². The number of aliphatic carboxylic acids is 1. The summed E-state index contributed by atoms with van der Waals surface area (Å²) in [4.78, 5) is 35.0. The fraction of sp³-hybridized carbons (Fsp3) is 0.500. The number of carboxylic acids is 1. The van der Waals surface area contributed by atoms with Crippen molar-refractivity contribution in [2.45, 2.75) is 12.5 Å². The topological polar surface area (TPSA) is 150 Å². The molecule has 0 unspecified atom stereocenters. The Bertz CT molecular complexity index is 648. The Hall–Kier alpha value is -2.56. The van der Waals surface area contributed by atoms with Crippen LogP contribution in [-0.2, 0) is 9.59 Å². The molecule has 1 atom stereocenters. The van der Waals surface area contributed by atoms with Crippen LogP contribution in [0.5, 0.6) is 0 Å². The third-order valence-electron chi connectivity index (χ3n) is 4.40. The van der Waals surface area contributed by atoms with Gasteiger partial charge in [0.05, 0.1) is 17.3 Å². The molecule has 1 aliphatic rings. The zero-order valence-corrected chi connectivity index (χ0v) is 14.5. The number of carbonyl (C=O) groups is 2. The number of nitrogens with two attached hydrogens (primary N) is 2. The number of rotatable bonds is 9. The first-order valence-electron chi connectivity index (χ1n) is 8.69. The molecule has 1 saturated heterocycles. The largest absolute Gasteiger partial charge is 0.544 e. The van der Waals surface area contributed by atoms with Crippen LogP contribution in [0.4, 0.5) is 11.4 Å². The Morgan fingerprint density at radius 3 is 2.73 bits per heavy atom. The van der Waals surface area contributed by atoms with Crippen LogP contribution < -0.4 is 26.0 Å². The number of carbonyl (C=O) groups excluding carboxylic acids is 2. The molecule has 10 heteroatoms. The van der Waals surface area contributed by atoms with E-state index in [1.165, 1.54) is 29.2 Å². The van der Waals surface area contributed by atoms with E-state index in [0.29, 0.717) is 6.54 Å². The second kappa shape index (κ2) is 9.80. The summed E-state index contributed by atoms with van der Waals surface area (Å²) >= 11 is 0. The lowest BCUT2D eigenvalue weighted by Crippen LogP contribution is -3.22. The normalized spacial score (nSPS) is 16.0. The van der Waals surface area contributed by atoms with Crippen LogP contribution in [0.25, 0.3) is 0 Å². The Balaban J connectivity index is 1.82. The molecule has 142 valence electrons. The molecule has 10 nitrogen and oxygen atoms in total. The van der Waals surface area contributed by atoms with Crippen LogP contribution in [0.1, 0.15) is 6.42 Å². The first-order chi connectivity index (χ1) is 12.5. The number of quaternary nitrogens is 3. The highest BCUT2D eigenvalue weighted by molar-refractivity contribution is 5.93. The van der Waals surface area contributed by atoms with Crippen LogP contribution in [0, 0.1) is 10.1 Å². The maximum Gasteiger partial charge on any atom is 0.271 e. The Morgan fingerprint density at radius 1 is 1.35 bits per heavy atom. The smallest absolute Gasteiger partial charge is 0.271 e. The number of carboxylic acid groups (broad SMARTS) is 1. The fourth-order valence-corrected chi connectivity index (χ4v) is 2.99. The SMILES string of the molecule is O=C(C[C@@H]([NH2+]CC[NH+]1CC[NH2+]CC1)C(=O)[O-])Nc1cccc([N+](=O)[O-])c1. The molecule has 0 aromatic heterocycles. The molecular weight excluding hydrogens is 342 g/mol. The third-order valence-corrected chi connectivity index (χ3v) is 4.40. The molecule has 26 heavy (non-hydrogen) atoms. The number of nitrogens with one attached hydrogen (secondary N) is 2. The predicted molar refractivity (Wildman–Crippen MR) is 89.2 cm³/mol. The van der Waals surface area contributed by atoms with E-state index < -0.39 is 22.8 Å². The maximum atomic E-state index is 12.1. The van der Waals surface area contributed by atoms with Crippen LogP contribution in [-0.4, -0.2) is 62.1 Å². The van der Waals surface area contributed by atoms with Crippen molar-refractivity contribution in [2.75, 3.05) is 44.6 Å². The monoisotopic (exact) mass is 367 g/mol. The number of nitrogens with zero attached hydrogens (tertiary/aromatic N) is 1. The van der Waals surface area contributed by atoms with Crippen molar-refractivity contribution in [2.24, 2.45) is 0 Å². The molecule has 1 aliphatic heterocycles. The van der Waals surface area contributed by atoms with Crippen LogP contribution in [0.3, 0.4) is 0 Å². The molecule has 1 heterocycles. The third kappa shape index (κ3) is 6.39. The second-order valence-corrected chi connectivity index (χ2v) is 6.38. The molecule has 0 radical (unpaired) electrons. The Kier molecular flexibility index (Phi) is 7.45. The number of hydrogen-bond acceptors (Lipinski definition) is 5. The zero-order chi connectivity index (χ0) is 18.9. The minimum Gasteiger partial charge on any atom is -0.544 e. The maximum absolute atomic E-state index is 12.1. The summed E-state index contributed by atoms with van der Waals surface area (Å²) in [6, 6.07) is 4.53. The molecule has 0 spiro atoms. The number of nitro groups is 1. The first kappa shape index (κ1) is 19.8. The van der Waals surface area contributed by atoms with Crippen molar-refractivity contribution < 1.29 is 35.2 Å². The number of hydrogen-bond donors (Lipinski definition) is 4. The van der Waals surface area contributed by atoms with Gasteiger partial charge in [0.2, 0.25) is 5.91 Å². The molecule has 6 N–H and O–H groups in total. The zero-order valence-electron chi connectivity index (χ0n) is 14.5. The summed E-state index contributed by atoms with van der Waals surface area (Å²) in [5.74, 6) is -1.81. The average molecular weight is 367 g/mol. The first-order valence-corrected chi connectivity index (χ1v) is 8.69. The van der Waals surface area contributed by atoms with Gasteiger partial charge in [-0.1, -0.05) is 6.07 Å². The molecule has 1 aromatic carbocycles. The predicted octanol–water partition coefficient (Wildman–Crippen LogP) is -4.93. The van der Waals surface area contributed by atoms with Crippen molar-refractivity contribution in [3.8, 4) is 0 Å². The van der Waals surface area contributed by atoms with Gasteiger partial charge in [0.1, 0.15) is 45.3 Å². The minimum absolute atomic E-state index is 0.146. The summed E-state index contributed by atoms with van der Waals surface area (Å²) in [5, 5.41) is 28.4. The number of piperazine rings is 1. The van der Waals surface area contributed by atoms with E-state index in [0.717, 1.165) is 32.7 Å². The highest BCUT2D eigenvalue weighted by Crippen LogP contribution is 2.17. The molecule has 1 amide bonds. The summed E-state index contributed by atoms with van der Waals surface area (Å²) in [6.07, 6.45) is -0.256. The van der Waals surface area contributed by atoms with E-state index in [-0.39, 0.29) is 17.8 Å². The van der Waals surface area contributed by atoms with Crippen molar-refractivity contribution >= 4 is 23.3 Å². The summed E-state index contributed by atoms with van der Waals surface area (Å²) < 4.78 is 0. The second-order valence-electron chi connectivity index (χ2n) is 6.38. The highest BCUT2D eigenvalue weighted by Gasteiger charge is 2.21. The number of amides is 1. The van der Waals surface area contributed by atoms with Gasteiger partial charge in [-0.15, -0.1) is 0 Å². The van der Waals surface area contributed by atoms with Gasteiger partial charge in [-0.25, -0.2) is 0 Å². The number of anilines is 1. The summed E-state index contributed by atoms with van der Waals surface area (Å²) in [6.45, 7) is 5.69. The summed E-state index contributed by atoms with van der Waals surface area (Å²) in [5.41, 5.74) is 0.114. The van der Waals surface area contributed by atoms with Gasteiger partial charge in [-0.2, -0.15) is 0 Å². The molecule has 0 saturated carbocycles. The van der Waals surface area contributed by atoms with E-state index in [2.05, 4.69) is 10.6 Å². The van der Waals surface area contributed by atoms with E-state index in [1.54, 1.807) is 5.32 Å². The van der Waals surface area contributed by atoms with Gasteiger partial charge in [-0.3, -0.25) is 14.9 Å². The van der Waals surface area contributed by atoms with Crippen molar-refractivity contribution in [3.05, 3.63) is 34.4 Å². The van der Waals surface area contributed by atoms with Crippen LogP contribution in [0.15, 0.2) is 24.3 Å². The molecule has 0 aliphatic carbocycles. The van der Waals surface area contributed by atoms with E-state index in [9.17, 15) is 24.8 Å². The van der Waals surface area contributed by atoms with Gasteiger partial charge in [-0.05, 0) is 6.07 Å². The molecule has 1 aromatic rings. The highest BCUT2D eigenvalue weighted by atomic mass is 16.6. The molecule has 1 fully saturated rings. The lowest BCUT2D eigenvalue weighted by molar-refractivity contribution is -0.955. The van der Waals surface area contributed by atoms with Crippen molar-refractivity contribution in [1.82, 2.24) is 0 Å². The molecular formula is C16H25N5O5+2. The average Bonchev–Trinajstić information content (AvgIpc) is 2.61. The van der Waals surface area contributed by atoms with Crippen molar-refractivity contribution in [3.63, 3.8) is 0 Å². The van der Waals surface area contributed by atoms with Gasteiger partial charge in [0.25, 0.3) is 5.69 Å². The number of non-ortho nitro benzene ring substituents is 1. The number of benzene rings is 1. The lowest BCUT2D eigenvalue weighted by atomic mass is 10.2. The fourth-order valence-electron chi connectivity index (χ4n) is 2.99. The lowest BCUT2D eigenvalue weighted by Gasteiger charge is -2.22. The van der Waals surface area contributed by atoms with Crippen molar-refractivity contribution in [1.29, 1.82) is 0 Å². The molecule has 2 rings (SSSR count). The van der Waals surface area contributed by atoms with Gasteiger partial charge < -0.3 is 30.8 Å². The minimum atomic E-state index is -1.29. The van der Waals surface area contributed by atoms with E-state index >= 15 is 0 Å². The Morgan fingerprint density at radius 2 is 2.08 bits per heavy atom. The Labute approximate surface area is 150 Å². The molecule has 0 bridgehead atoms.